The number of ether oxygens (including phenoxy) is 2. The van der Waals surface area contributed by atoms with E-state index >= 15 is 0 Å². The van der Waals surface area contributed by atoms with Crippen LogP contribution < -0.4 is 0 Å². The van der Waals surface area contributed by atoms with Crippen LogP contribution in [-0.2, 0) is 19.1 Å². The Morgan fingerprint density at radius 2 is 1.47 bits per heavy atom. The highest BCUT2D eigenvalue weighted by Crippen LogP contribution is 2.25. The van der Waals surface area contributed by atoms with E-state index in [0.717, 1.165) is 12.4 Å². The van der Waals surface area contributed by atoms with Crippen LogP contribution in [0.4, 0.5) is 0 Å². The first kappa shape index (κ1) is 30.2. The summed E-state index contributed by atoms with van der Waals surface area (Å²) in [5.74, 6) is 0.430. The number of carbonyl (C=O) groups excluding carboxylic acids is 2. The summed E-state index contributed by atoms with van der Waals surface area (Å²) in [5, 5.41) is 0. The minimum absolute atomic E-state index is 0.00397. The van der Waals surface area contributed by atoms with Crippen LogP contribution in [0.25, 0.3) is 0 Å². The Morgan fingerprint density at radius 1 is 0.969 bits per heavy atom. The highest BCUT2D eigenvalue weighted by Gasteiger charge is 2.38. The van der Waals surface area contributed by atoms with Crippen LogP contribution in [0.1, 0.15) is 61.3 Å². The maximum atomic E-state index is 13.7. The molecular weight excluding hydrogens is 408 g/mol. The molecule has 8 nitrogen and oxygen atoms in total. The molecule has 0 aliphatic heterocycles. The number of likely N-dealkylation sites (N-methyl/N-ethyl adjacent to an activating group) is 1. The second kappa shape index (κ2) is 13.0. The highest BCUT2D eigenvalue weighted by atomic mass is 16.6. The van der Waals surface area contributed by atoms with Crippen LogP contribution in [0.2, 0.25) is 0 Å². The first-order valence-electron chi connectivity index (χ1n) is 11.5. The number of nitrogens with zero attached hydrogens (tertiary/aromatic N) is 4. The molecule has 0 aromatic heterocycles. The van der Waals surface area contributed by atoms with Crippen LogP contribution in [0.15, 0.2) is 4.99 Å². The summed E-state index contributed by atoms with van der Waals surface area (Å²) in [7, 11) is 11.0. The fourth-order valence-corrected chi connectivity index (χ4v) is 3.73. The van der Waals surface area contributed by atoms with E-state index in [0.29, 0.717) is 0 Å². The largest absolute Gasteiger partial charge is 0.460 e. The molecule has 0 aliphatic rings. The fourth-order valence-electron chi connectivity index (χ4n) is 3.73. The molecule has 8 heteroatoms. The zero-order chi connectivity index (χ0) is 25.4. The molecule has 0 saturated carbocycles. The van der Waals surface area contributed by atoms with Gasteiger partial charge >= 0.3 is 5.97 Å². The predicted octanol–water partition coefficient (Wildman–Crippen LogP) is 3.11. The minimum Gasteiger partial charge on any atom is -0.460 e. The van der Waals surface area contributed by atoms with Crippen LogP contribution in [0.3, 0.4) is 0 Å². The van der Waals surface area contributed by atoms with Gasteiger partial charge in [-0.05, 0) is 32.6 Å². The molecule has 0 radical (unpaired) electrons. The fraction of sp³-hybridized carbons (Fsp3) is 0.875. The van der Waals surface area contributed by atoms with Crippen molar-refractivity contribution in [1.82, 2.24) is 14.7 Å². The topological polar surface area (TPSA) is 74.7 Å². The van der Waals surface area contributed by atoms with Gasteiger partial charge in [-0.15, -0.1) is 0 Å². The Kier molecular flexibility index (Phi) is 12.3. The van der Waals surface area contributed by atoms with Gasteiger partial charge < -0.3 is 24.2 Å². The Labute approximate surface area is 196 Å². The number of methoxy groups -OCH3 is 1. The van der Waals surface area contributed by atoms with Crippen LogP contribution in [0, 0.1) is 11.8 Å². The van der Waals surface area contributed by atoms with Crippen molar-refractivity contribution in [3.05, 3.63) is 0 Å². The van der Waals surface area contributed by atoms with Gasteiger partial charge in [-0.25, -0.2) is 4.99 Å². The number of esters is 1. The number of aliphatic imine (C=N–C) groups is 1. The first-order chi connectivity index (χ1) is 14.6. The van der Waals surface area contributed by atoms with E-state index in [-0.39, 0.29) is 36.2 Å². The molecule has 0 spiro atoms. The summed E-state index contributed by atoms with van der Waals surface area (Å²) < 4.78 is 11.3. The molecule has 0 bridgehead atoms. The third kappa shape index (κ3) is 9.35. The van der Waals surface area contributed by atoms with Gasteiger partial charge in [0.05, 0.1) is 18.6 Å². The van der Waals surface area contributed by atoms with E-state index in [2.05, 4.69) is 13.8 Å². The molecule has 188 valence electrons. The molecule has 0 heterocycles. The smallest absolute Gasteiger partial charge is 0.309 e. The minimum atomic E-state index is -0.574. The molecule has 0 aromatic carbocycles. The van der Waals surface area contributed by atoms with Gasteiger partial charge in [-0.3, -0.25) is 9.59 Å². The lowest BCUT2D eigenvalue weighted by Gasteiger charge is -2.39. The molecule has 4 atom stereocenters. The predicted molar refractivity (Wildman–Crippen MR) is 131 cm³/mol. The molecule has 0 aromatic rings. The molecule has 0 rings (SSSR count). The van der Waals surface area contributed by atoms with Crippen molar-refractivity contribution >= 4 is 17.8 Å². The Bertz CT molecular complexity index is 616. The lowest BCUT2D eigenvalue weighted by Crippen LogP contribution is -2.53. The third-order valence-corrected chi connectivity index (χ3v) is 5.43. The maximum Gasteiger partial charge on any atom is 0.309 e. The Hall–Kier alpha value is -1.83. The van der Waals surface area contributed by atoms with E-state index in [4.69, 9.17) is 14.5 Å². The molecule has 1 unspecified atom stereocenters. The summed E-state index contributed by atoms with van der Waals surface area (Å²) in [6.45, 7) is 13.7. The second-order valence-corrected chi connectivity index (χ2v) is 10.3. The van der Waals surface area contributed by atoms with Crippen molar-refractivity contribution in [3.8, 4) is 0 Å². The van der Waals surface area contributed by atoms with Crippen molar-refractivity contribution in [1.29, 1.82) is 0 Å². The molecule has 32 heavy (non-hydrogen) atoms. The lowest BCUT2D eigenvalue weighted by molar-refractivity contribution is -0.160. The van der Waals surface area contributed by atoms with Gasteiger partial charge in [0.1, 0.15) is 11.6 Å². The molecule has 1 amide bonds. The summed E-state index contributed by atoms with van der Waals surface area (Å²) in [4.78, 5) is 36.5. The lowest BCUT2D eigenvalue weighted by atomic mass is 9.90. The zero-order valence-corrected chi connectivity index (χ0v) is 22.7. The van der Waals surface area contributed by atoms with Crippen molar-refractivity contribution in [2.24, 2.45) is 16.8 Å². The van der Waals surface area contributed by atoms with Gasteiger partial charge in [0, 0.05) is 42.3 Å². The number of guanidine groups is 1. The van der Waals surface area contributed by atoms with Gasteiger partial charge in [0.2, 0.25) is 5.91 Å². The van der Waals surface area contributed by atoms with Crippen molar-refractivity contribution in [2.45, 2.75) is 85.1 Å². The van der Waals surface area contributed by atoms with Crippen molar-refractivity contribution < 1.29 is 19.1 Å². The van der Waals surface area contributed by atoms with Gasteiger partial charge in [0.15, 0.2) is 5.96 Å². The first-order valence-corrected chi connectivity index (χ1v) is 11.5. The summed E-state index contributed by atoms with van der Waals surface area (Å²) in [5.41, 5.74) is -0.574. The monoisotopic (exact) mass is 456 g/mol. The van der Waals surface area contributed by atoms with Crippen LogP contribution in [0.5, 0.6) is 0 Å². The average Bonchev–Trinajstić information content (AvgIpc) is 2.64. The standard InChI is InChI=1S/C24H48N4O4/c1-14-17(4)21(18(31-13)15-19(29)32-24(5,6)7)28(12)22(30)20(16(2)3)25-23(26(8)9)27(10)11/h16-18,20-21H,14-15H2,1-13H3/t17-,18?,20-,21-/m0/s1. The van der Waals surface area contributed by atoms with Gasteiger partial charge in [-0.1, -0.05) is 34.1 Å². The second-order valence-electron chi connectivity index (χ2n) is 10.3. The molecule has 0 aliphatic carbocycles. The number of hydrogen-bond acceptors (Lipinski definition) is 5. The van der Waals surface area contributed by atoms with Gasteiger partial charge in [0.25, 0.3) is 0 Å². The Morgan fingerprint density at radius 3 is 1.81 bits per heavy atom. The van der Waals surface area contributed by atoms with Crippen molar-refractivity contribution in [2.75, 3.05) is 42.3 Å². The number of amides is 1. The quantitative estimate of drug-likeness (QED) is 0.286. The van der Waals surface area contributed by atoms with E-state index in [1.807, 2.05) is 72.6 Å². The van der Waals surface area contributed by atoms with Gasteiger partial charge in [-0.2, -0.15) is 0 Å². The average molecular weight is 457 g/mol. The van der Waals surface area contributed by atoms with E-state index in [1.54, 1.807) is 19.1 Å². The summed E-state index contributed by atoms with van der Waals surface area (Å²) in [6, 6.07) is -0.839. The third-order valence-electron chi connectivity index (χ3n) is 5.43. The van der Waals surface area contributed by atoms with Crippen LogP contribution >= 0.6 is 0 Å². The van der Waals surface area contributed by atoms with E-state index in [9.17, 15) is 9.59 Å². The van der Waals surface area contributed by atoms with Crippen molar-refractivity contribution in [3.63, 3.8) is 0 Å². The number of hydrogen-bond donors (Lipinski definition) is 0. The van der Waals surface area contributed by atoms with Crippen LogP contribution in [-0.4, -0.2) is 98.7 Å². The molecular formula is C24H48N4O4. The molecule has 0 fully saturated rings. The maximum absolute atomic E-state index is 13.7. The van der Waals surface area contributed by atoms with E-state index in [1.165, 1.54) is 0 Å². The summed E-state index contributed by atoms with van der Waals surface area (Å²) >= 11 is 0. The number of carbonyl (C=O) groups is 2. The number of rotatable bonds is 10. The molecule has 0 saturated heterocycles. The molecule has 0 N–H and O–H groups in total. The highest BCUT2D eigenvalue weighted by molar-refractivity contribution is 5.87. The Balaban J connectivity index is 6.03. The van der Waals surface area contributed by atoms with E-state index < -0.39 is 17.7 Å². The SMILES string of the molecule is CC[C@H](C)[C@@H](C(CC(=O)OC(C)(C)C)OC)N(C)C(=O)[C@@H](N=C(N(C)C)N(C)C)C(C)C. The zero-order valence-electron chi connectivity index (χ0n) is 22.7. The normalized spacial score (nSPS) is 15.4. The summed E-state index contributed by atoms with van der Waals surface area (Å²) in [6.07, 6.45) is 0.441.